The summed E-state index contributed by atoms with van der Waals surface area (Å²) >= 11 is 1.52. The normalized spacial score (nSPS) is 11.6. The molecule has 0 saturated heterocycles. The molecule has 0 aliphatic heterocycles. The highest BCUT2D eigenvalue weighted by atomic mass is 32.2. The van der Waals surface area contributed by atoms with Crippen molar-refractivity contribution in [2.45, 2.75) is 37.3 Å². The Morgan fingerprint density at radius 1 is 1.15 bits per heavy atom. The molecule has 0 aliphatic rings. The summed E-state index contributed by atoms with van der Waals surface area (Å²) < 4.78 is 5.71. The molecule has 1 aromatic heterocycles. The van der Waals surface area contributed by atoms with Crippen molar-refractivity contribution in [2.24, 2.45) is 0 Å². The van der Waals surface area contributed by atoms with E-state index in [2.05, 4.69) is 10.3 Å². The third-order valence-corrected chi connectivity index (χ3v) is 4.54. The van der Waals surface area contributed by atoms with Gasteiger partial charge in [0.25, 0.3) is 0 Å². The number of ether oxygens (including phenoxy) is 1. The Labute approximate surface area is 157 Å². The van der Waals surface area contributed by atoms with Crippen molar-refractivity contribution in [3.8, 4) is 11.6 Å². The van der Waals surface area contributed by atoms with Gasteiger partial charge < -0.3 is 15.2 Å². The quantitative estimate of drug-likeness (QED) is 0.616. The predicted molar refractivity (Wildman–Crippen MR) is 101 cm³/mol. The fourth-order valence-corrected chi connectivity index (χ4v) is 2.98. The molecule has 2 aromatic rings. The highest BCUT2D eigenvalue weighted by molar-refractivity contribution is 7.99. The lowest BCUT2D eigenvalue weighted by Gasteiger charge is -2.13. The van der Waals surface area contributed by atoms with Crippen molar-refractivity contribution in [1.82, 2.24) is 10.3 Å². The Kier molecular flexibility index (Phi) is 7.95. The summed E-state index contributed by atoms with van der Waals surface area (Å²) in [5.41, 5.74) is 0. The number of aromatic nitrogens is 1. The van der Waals surface area contributed by atoms with Crippen LogP contribution in [0.15, 0.2) is 53.6 Å². The molecular formula is C19H22N2O4S. The average molecular weight is 374 g/mol. The molecule has 0 aliphatic carbocycles. The van der Waals surface area contributed by atoms with Gasteiger partial charge in [-0.15, -0.1) is 11.8 Å². The summed E-state index contributed by atoms with van der Waals surface area (Å²) in [5, 5.41) is 12.3. The minimum atomic E-state index is -0.884. The fourth-order valence-electron chi connectivity index (χ4n) is 2.14. The number of hydrogen-bond acceptors (Lipinski definition) is 5. The molecule has 7 heteroatoms. The summed E-state index contributed by atoms with van der Waals surface area (Å²) in [5.74, 6) is 0.890. The molecule has 0 radical (unpaired) electrons. The summed E-state index contributed by atoms with van der Waals surface area (Å²) in [6.45, 7) is 1.91. The number of carboxylic acid groups (broad SMARTS) is 1. The second-order valence-electron chi connectivity index (χ2n) is 5.76. The molecule has 138 valence electrons. The van der Waals surface area contributed by atoms with Crippen LogP contribution in [0, 0.1) is 0 Å². The number of carboxylic acids is 1. The number of carbonyl (C=O) groups excluding carboxylic acids is 1. The Morgan fingerprint density at radius 3 is 2.65 bits per heavy atom. The molecule has 0 saturated carbocycles. The molecule has 1 unspecified atom stereocenters. The predicted octanol–water partition coefficient (Wildman–Crippen LogP) is 3.73. The van der Waals surface area contributed by atoms with E-state index in [0.29, 0.717) is 18.1 Å². The largest absolute Gasteiger partial charge is 0.481 e. The van der Waals surface area contributed by atoms with Gasteiger partial charge in [-0.25, -0.2) is 4.98 Å². The van der Waals surface area contributed by atoms with Gasteiger partial charge in [0.2, 0.25) is 11.8 Å². The zero-order chi connectivity index (χ0) is 18.8. The van der Waals surface area contributed by atoms with Crippen molar-refractivity contribution in [1.29, 1.82) is 0 Å². The monoisotopic (exact) mass is 374 g/mol. The average Bonchev–Trinajstić information content (AvgIpc) is 2.61. The molecule has 0 bridgehead atoms. The molecule has 0 fully saturated rings. The van der Waals surface area contributed by atoms with E-state index in [1.54, 1.807) is 6.07 Å². The smallest absolute Gasteiger partial charge is 0.303 e. The van der Waals surface area contributed by atoms with E-state index in [1.807, 2.05) is 49.4 Å². The fraction of sp³-hybridized carbons (Fsp3) is 0.316. The zero-order valence-corrected chi connectivity index (χ0v) is 15.4. The molecule has 6 nitrogen and oxygen atoms in total. The van der Waals surface area contributed by atoms with E-state index in [1.165, 1.54) is 11.8 Å². The van der Waals surface area contributed by atoms with Crippen molar-refractivity contribution in [3.63, 3.8) is 0 Å². The van der Waals surface area contributed by atoms with Crippen LogP contribution in [0.25, 0.3) is 0 Å². The van der Waals surface area contributed by atoms with E-state index in [-0.39, 0.29) is 24.8 Å². The maximum atomic E-state index is 11.8. The SMILES string of the molecule is CC(CSc1cccc(Oc2ccccc2)n1)NC(=O)CCCC(=O)O. The van der Waals surface area contributed by atoms with Crippen LogP contribution in [0.2, 0.25) is 0 Å². The van der Waals surface area contributed by atoms with Crippen molar-refractivity contribution in [3.05, 3.63) is 48.5 Å². The van der Waals surface area contributed by atoms with Crippen LogP contribution < -0.4 is 10.1 Å². The molecule has 1 atom stereocenters. The number of nitrogens with zero attached hydrogens (tertiary/aromatic N) is 1. The maximum absolute atomic E-state index is 11.8. The molecule has 2 rings (SSSR count). The lowest BCUT2D eigenvalue weighted by Crippen LogP contribution is -2.34. The first-order valence-electron chi connectivity index (χ1n) is 8.37. The number of hydrogen-bond donors (Lipinski definition) is 2. The van der Waals surface area contributed by atoms with Gasteiger partial charge in [0.1, 0.15) is 10.8 Å². The van der Waals surface area contributed by atoms with E-state index in [0.717, 1.165) is 10.8 Å². The molecule has 1 amide bonds. The lowest BCUT2D eigenvalue weighted by molar-refractivity contribution is -0.137. The molecule has 26 heavy (non-hydrogen) atoms. The van der Waals surface area contributed by atoms with Crippen LogP contribution in [-0.4, -0.2) is 33.8 Å². The van der Waals surface area contributed by atoms with E-state index in [9.17, 15) is 9.59 Å². The number of rotatable bonds is 10. The minimum absolute atomic E-state index is 0.00861. The number of nitrogens with one attached hydrogen (secondary N) is 1. The lowest BCUT2D eigenvalue weighted by atomic mass is 10.2. The third-order valence-electron chi connectivity index (χ3n) is 3.35. The molecular weight excluding hydrogens is 352 g/mol. The van der Waals surface area contributed by atoms with Crippen molar-refractivity contribution < 1.29 is 19.4 Å². The van der Waals surface area contributed by atoms with Crippen molar-refractivity contribution in [2.75, 3.05) is 5.75 Å². The first-order valence-corrected chi connectivity index (χ1v) is 9.35. The van der Waals surface area contributed by atoms with E-state index in [4.69, 9.17) is 9.84 Å². The number of benzene rings is 1. The van der Waals surface area contributed by atoms with Gasteiger partial charge in [-0.1, -0.05) is 24.3 Å². The topological polar surface area (TPSA) is 88.5 Å². The standard InChI is InChI=1S/C19H22N2O4S/c1-14(20-16(22)9-5-12-19(23)24)13-26-18-11-6-10-17(21-18)25-15-7-3-2-4-8-15/h2-4,6-8,10-11,14H,5,9,12-13H2,1H3,(H,20,22)(H,23,24). The van der Waals surface area contributed by atoms with Crippen LogP contribution in [0.1, 0.15) is 26.2 Å². The van der Waals surface area contributed by atoms with E-state index < -0.39 is 5.97 Å². The van der Waals surface area contributed by atoms with Crippen LogP contribution in [0.3, 0.4) is 0 Å². The maximum Gasteiger partial charge on any atom is 0.303 e. The summed E-state index contributed by atoms with van der Waals surface area (Å²) in [7, 11) is 0. The highest BCUT2D eigenvalue weighted by Crippen LogP contribution is 2.23. The molecule has 0 spiro atoms. The number of amides is 1. The Hall–Kier alpha value is -2.54. The molecule has 1 heterocycles. The first kappa shape index (κ1) is 19.8. The molecule has 2 N–H and O–H groups in total. The summed E-state index contributed by atoms with van der Waals surface area (Å²) in [4.78, 5) is 26.7. The third kappa shape index (κ3) is 7.57. The van der Waals surface area contributed by atoms with Gasteiger partial charge in [0.05, 0.1) is 0 Å². The van der Waals surface area contributed by atoms with Gasteiger partial charge in [-0.05, 0) is 31.5 Å². The summed E-state index contributed by atoms with van der Waals surface area (Å²) in [6, 6.07) is 15.0. The number of thioether (sulfide) groups is 1. The van der Waals surface area contributed by atoms with Gasteiger partial charge >= 0.3 is 5.97 Å². The van der Waals surface area contributed by atoms with Crippen LogP contribution >= 0.6 is 11.8 Å². The second kappa shape index (κ2) is 10.5. The van der Waals surface area contributed by atoms with Crippen LogP contribution in [0.5, 0.6) is 11.6 Å². The number of carbonyl (C=O) groups is 2. The number of para-hydroxylation sites is 1. The van der Waals surface area contributed by atoms with Gasteiger partial charge in [0, 0.05) is 30.7 Å². The van der Waals surface area contributed by atoms with Crippen LogP contribution in [-0.2, 0) is 9.59 Å². The molecule has 1 aromatic carbocycles. The first-order chi connectivity index (χ1) is 12.5. The Morgan fingerprint density at radius 2 is 1.92 bits per heavy atom. The van der Waals surface area contributed by atoms with Crippen molar-refractivity contribution >= 4 is 23.6 Å². The van der Waals surface area contributed by atoms with Gasteiger partial charge in [-0.2, -0.15) is 0 Å². The summed E-state index contributed by atoms with van der Waals surface area (Å²) in [6.07, 6.45) is 0.579. The van der Waals surface area contributed by atoms with E-state index >= 15 is 0 Å². The number of pyridine rings is 1. The Balaban J connectivity index is 1.77. The van der Waals surface area contributed by atoms with Gasteiger partial charge in [-0.3, -0.25) is 9.59 Å². The Bertz CT molecular complexity index is 724. The minimum Gasteiger partial charge on any atom is -0.481 e. The van der Waals surface area contributed by atoms with Gasteiger partial charge in [0.15, 0.2) is 0 Å². The zero-order valence-electron chi connectivity index (χ0n) is 14.6. The van der Waals surface area contributed by atoms with Crippen LogP contribution in [0.4, 0.5) is 0 Å². The second-order valence-corrected chi connectivity index (χ2v) is 6.80. The number of aliphatic carboxylic acids is 1. The highest BCUT2D eigenvalue weighted by Gasteiger charge is 2.10.